The van der Waals surface area contributed by atoms with Gasteiger partial charge in [0.2, 0.25) is 0 Å². The fourth-order valence-electron chi connectivity index (χ4n) is 7.30. The van der Waals surface area contributed by atoms with Crippen LogP contribution in [0.4, 0.5) is 0 Å². The molecule has 0 aromatic heterocycles. The third kappa shape index (κ3) is 10.3. The molecule has 0 amide bonds. The summed E-state index contributed by atoms with van der Waals surface area (Å²) < 4.78 is 41.1. The minimum absolute atomic E-state index is 0.0500. The van der Waals surface area contributed by atoms with Gasteiger partial charge in [0.1, 0.15) is 24.4 Å². The smallest absolute Gasteiger partial charge is 0.187 e. The van der Waals surface area contributed by atoms with Gasteiger partial charge in [-0.05, 0) is 52.8 Å². The quantitative estimate of drug-likeness (QED) is 0.118. The summed E-state index contributed by atoms with van der Waals surface area (Å²) in [4.78, 5) is 0. The van der Waals surface area contributed by atoms with Crippen LogP contribution in [-0.2, 0) is 54.8 Å². The van der Waals surface area contributed by atoms with E-state index in [4.69, 9.17) is 28.4 Å². The van der Waals surface area contributed by atoms with Gasteiger partial charge in [0.15, 0.2) is 6.29 Å². The van der Waals surface area contributed by atoms with Crippen molar-refractivity contribution in [2.24, 2.45) is 17.8 Å². The molecule has 266 valence electrons. The molecule has 1 aliphatic carbocycles. The molecule has 6 heteroatoms. The van der Waals surface area contributed by atoms with Gasteiger partial charge in [0.25, 0.3) is 0 Å². The van der Waals surface area contributed by atoms with Gasteiger partial charge in [-0.3, -0.25) is 0 Å². The van der Waals surface area contributed by atoms with E-state index in [0.717, 1.165) is 35.1 Å². The van der Waals surface area contributed by atoms with E-state index < -0.39 is 30.7 Å². The Bertz CT molecular complexity index is 1500. The van der Waals surface area contributed by atoms with E-state index in [1.54, 1.807) is 0 Å². The van der Waals surface area contributed by atoms with Crippen LogP contribution in [0.5, 0.6) is 0 Å². The average Bonchev–Trinajstić information content (AvgIpc) is 3.14. The molecule has 1 heterocycles. The van der Waals surface area contributed by atoms with Crippen molar-refractivity contribution in [3.63, 3.8) is 0 Å². The molecule has 0 unspecified atom stereocenters. The molecule has 1 aliphatic heterocycles. The molecule has 4 aromatic carbocycles. The molecule has 0 N–H and O–H groups in total. The minimum atomic E-state index is -0.669. The molecule has 2 fully saturated rings. The Morgan fingerprint density at radius 3 is 1.54 bits per heavy atom. The first-order chi connectivity index (χ1) is 24.5. The SMILES string of the molecule is CC(C)[C@H]1CC[C@H](C)C[C@@H]1O[C@H]1O[C@H](COCc2ccccc2)[C@H](OCc2ccccc2)[C@H](OCc2ccccc2)[C@H]1OCc1ccccc1. The summed E-state index contributed by atoms with van der Waals surface area (Å²) in [7, 11) is 0. The van der Waals surface area contributed by atoms with Crippen LogP contribution in [0.3, 0.4) is 0 Å². The maximum atomic E-state index is 7.13. The summed E-state index contributed by atoms with van der Waals surface area (Å²) in [6.45, 7) is 8.94. The first-order valence-electron chi connectivity index (χ1n) is 18.4. The highest BCUT2D eigenvalue weighted by Crippen LogP contribution is 2.39. The molecule has 0 bridgehead atoms. The Hall–Kier alpha value is -3.36. The van der Waals surface area contributed by atoms with Gasteiger partial charge in [-0.25, -0.2) is 0 Å². The minimum Gasteiger partial charge on any atom is -0.374 e. The van der Waals surface area contributed by atoms with Crippen molar-refractivity contribution in [2.45, 2.75) is 103 Å². The second kappa shape index (κ2) is 18.8. The van der Waals surface area contributed by atoms with Crippen molar-refractivity contribution in [2.75, 3.05) is 6.61 Å². The molecule has 0 spiro atoms. The molecular weight excluding hydrogens is 624 g/mol. The highest BCUT2D eigenvalue weighted by Gasteiger charge is 2.50. The van der Waals surface area contributed by atoms with E-state index in [-0.39, 0.29) is 6.10 Å². The first-order valence-corrected chi connectivity index (χ1v) is 18.4. The van der Waals surface area contributed by atoms with Gasteiger partial charge < -0.3 is 28.4 Å². The third-order valence-electron chi connectivity index (χ3n) is 10.1. The molecule has 8 atom stereocenters. The van der Waals surface area contributed by atoms with Crippen molar-refractivity contribution >= 4 is 0 Å². The Morgan fingerprint density at radius 2 is 1.04 bits per heavy atom. The van der Waals surface area contributed by atoms with Crippen LogP contribution >= 0.6 is 0 Å². The van der Waals surface area contributed by atoms with Crippen LogP contribution in [0.1, 0.15) is 62.3 Å². The number of ether oxygens (including phenoxy) is 6. The van der Waals surface area contributed by atoms with E-state index in [1.165, 1.54) is 6.42 Å². The summed E-state index contributed by atoms with van der Waals surface area (Å²) in [5.41, 5.74) is 4.34. The van der Waals surface area contributed by atoms with Crippen molar-refractivity contribution in [1.82, 2.24) is 0 Å². The number of hydrogen-bond acceptors (Lipinski definition) is 6. The van der Waals surface area contributed by atoms with E-state index in [0.29, 0.717) is 50.8 Å². The molecule has 1 saturated heterocycles. The van der Waals surface area contributed by atoms with Crippen molar-refractivity contribution in [1.29, 1.82) is 0 Å². The summed E-state index contributed by atoms with van der Waals surface area (Å²) in [5, 5.41) is 0. The lowest BCUT2D eigenvalue weighted by atomic mass is 9.75. The normalized spacial score (nSPS) is 27.0. The molecule has 2 aliphatic rings. The third-order valence-corrected chi connectivity index (χ3v) is 10.1. The maximum absolute atomic E-state index is 7.13. The summed E-state index contributed by atoms with van der Waals surface area (Å²) >= 11 is 0. The molecule has 6 rings (SSSR count). The van der Waals surface area contributed by atoms with Gasteiger partial charge in [-0.1, -0.05) is 149 Å². The first kappa shape index (κ1) is 36.4. The van der Waals surface area contributed by atoms with E-state index in [1.807, 2.05) is 72.8 Å². The largest absolute Gasteiger partial charge is 0.374 e. The second-order valence-corrected chi connectivity index (χ2v) is 14.3. The average molecular weight is 679 g/mol. The van der Waals surface area contributed by atoms with Crippen LogP contribution in [0.25, 0.3) is 0 Å². The van der Waals surface area contributed by atoms with Gasteiger partial charge in [-0.2, -0.15) is 0 Å². The highest BCUT2D eigenvalue weighted by molar-refractivity contribution is 5.16. The van der Waals surface area contributed by atoms with Crippen LogP contribution in [0, 0.1) is 17.8 Å². The van der Waals surface area contributed by atoms with Gasteiger partial charge in [0.05, 0.1) is 39.1 Å². The van der Waals surface area contributed by atoms with E-state index in [2.05, 4.69) is 69.3 Å². The Morgan fingerprint density at radius 1 is 0.580 bits per heavy atom. The lowest BCUT2D eigenvalue weighted by Crippen LogP contribution is -2.62. The predicted molar refractivity (Wildman–Crippen MR) is 196 cm³/mol. The summed E-state index contributed by atoms with van der Waals surface area (Å²) in [6, 6.07) is 41.0. The molecule has 4 aromatic rings. The fraction of sp³-hybridized carbons (Fsp3) is 0.455. The summed E-state index contributed by atoms with van der Waals surface area (Å²) in [6.07, 6.45) is 0.756. The Kier molecular flexibility index (Phi) is 13.7. The molecular formula is C44H54O6. The van der Waals surface area contributed by atoms with Crippen molar-refractivity contribution < 1.29 is 28.4 Å². The maximum Gasteiger partial charge on any atom is 0.187 e. The van der Waals surface area contributed by atoms with Crippen molar-refractivity contribution in [3.05, 3.63) is 144 Å². The number of benzene rings is 4. The van der Waals surface area contributed by atoms with Crippen LogP contribution in [0.15, 0.2) is 121 Å². The van der Waals surface area contributed by atoms with Crippen molar-refractivity contribution in [3.8, 4) is 0 Å². The van der Waals surface area contributed by atoms with E-state index in [9.17, 15) is 0 Å². The number of rotatable bonds is 16. The Labute approximate surface area is 299 Å². The molecule has 6 nitrogen and oxygen atoms in total. The zero-order valence-electron chi connectivity index (χ0n) is 29.8. The summed E-state index contributed by atoms with van der Waals surface area (Å²) in [5.74, 6) is 1.52. The molecule has 0 radical (unpaired) electrons. The lowest BCUT2D eigenvalue weighted by molar-refractivity contribution is -0.341. The molecule has 1 saturated carbocycles. The highest BCUT2D eigenvalue weighted by atomic mass is 16.7. The van der Waals surface area contributed by atoms with E-state index >= 15 is 0 Å². The second-order valence-electron chi connectivity index (χ2n) is 14.3. The van der Waals surface area contributed by atoms with Gasteiger partial charge in [-0.15, -0.1) is 0 Å². The standard InChI is InChI=1S/C44H54O6/c1-32(2)38-25-24-33(3)26-39(38)49-44-43(48-30-37-22-14-7-15-23-37)42(47-29-36-20-12-6-13-21-36)41(46-28-35-18-10-5-11-19-35)40(50-44)31-45-27-34-16-8-4-9-17-34/h4-23,32-33,38-44H,24-31H2,1-3H3/t33-,38+,39-,40+,41-,42-,43+,44-/m0/s1. The van der Waals surface area contributed by atoms with Crippen LogP contribution in [0.2, 0.25) is 0 Å². The zero-order chi connectivity index (χ0) is 34.5. The van der Waals surface area contributed by atoms with Crippen LogP contribution < -0.4 is 0 Å². The van der Waals surface area contributed by atoms with Gasteiger partial charge >= 0.3 is 0 Å². The van der Waals surface area contributed by atoms with Crippen LogP contribution in [-0.4, -0.2) is 43.4 Å². The topological polar surface area (TPSA) is 55.4 Å². The molecule has 50 heavy (non-hydrogen) atoms. The zero-order valence-corrected chi connectivity index (χ0v) is 29.8. The van der Waals surface area contributed by atoms with Gasteiger partial charge in [0, 0.05) is 0 Å². The Balaban J connectivity index is 1.33. The number of hydrogen-bond donors (Lipinski definition) is 0. The lowest BCUT2D eigenvalue weighted by Gasteiger charge is -2.48. The predicted octanol–water partition coefficient (Wildman–Crippen LogP) is 9.16. The fourth-order valence-corrected chi connectivity index (χ4v) is 7.30. The monoisotopic (exact) mass is 678 g/mol.